The van der Waals surface area contributed by atoms with Crippen molar-refractivity contribution in [1.82, 2.24) is 9.55 Å². The number of rotatable bonds is 5. The third-order valence-corrected chi connectivity index (χ3v) is 4.34. The van der Waals surface area contributed by atoms with Crippen molar-refractivity contribution in [2.75, 3.05) is 12.0 Å². The summed E-state index contributed by atoms with van der Waals surface area (Å²) in [7, 11) is 1.93. The number of benzene rings is 2. The SMILES string of the molecule is CCOc1cc(/C=N\Nc2nc3ccccc3n2C)cc(I)c1O. The zero-order valence-electron chi connectivity index (χ0n) is 13.3. The second-order valence-electron chi connectivity index (χ2n) is 5.14. The van der Waals surface area contributed by atoms with Gasteiger partial charge in [-0.25, -0.2) is 10.4 Å². The third kappa shape index (κ3) is 3.30. The standard InChI is InChI=1S/C17H17IN4O2/c1-3-24-15-9-11(8-12(18)16(15)23)10-19-21-17-20-13-6-4-5-7-14(13)22(17)2/h4-10,23H,3H2,1-2H3,(H,20,21)/b19-10-. The lowest BCUT2D eigenvalue weighted by Gasteiger charge is -2.08. The summed E-state index contributed by atoms with van der Waals surface area (Å²) in [6, 6.07) is 11.5. The Bertz CT molecular complexity index is 905. The number of ether oxygens (including phenoxy) is 1. The summed E-state index contributed by atoms with van der Waals surface area (Å²) >= 11 is 2.06. The highest BCUT2D eigenvalue weighted by molar-refractivity contribution is 14.1. The zero-order chi connectivity index (χ0) is 17.1. The molecule has 2 N–H and O–H groups in total. The predicted molar refractivity (Wildman–Crippen MR) is 104 cm³/mol. The molecule has 0 amide bonds. The second kappa shape index (κ2) is 7.08. The van der Waals surface area contributed by atoms with Crippen LogP contribution < -0.4 is 10.2 Å². The van der Waals surface area contributed by atoms with E-state index in [0.29, 0.717) is 21.9 Å². The van der Waals surface area contributed by atoms with Crippen LogP contribution in [0.4, 0.5) is 5.95 Å². The lowest BCUT2D eigenvalue weighted by Crippen LogP contribution is -1.99. The summed E-state index contributed by atoms with van der Waals surface area (Å²) in [6.45, 7) is 2.36. The van der Waals surface area contributed by atoms with Crippen LogP contribution in [0.2, 0.25) is 0 Å². The molecule has 0 atom stereocenters. The normalized spacial score (nSPS) is 11.3. The molecular weight excluding hydrogens is 419 g/mol. The molecule has 0 aliphatic heterocycles. The largest absolute Gasteiger partial charge is 0.504 e. The van der Waals surface area contributed by atoms with Gasteiger partial charge >= 0.3 is 0 Å². The van der Waals surface area contributed by atoms with E-state index in [1.165, 1.54) is 0 Å². The molecule has 0 aliphatic rings. The van der Waals surface area contributed by atoms with E-state index in [-0.39, 0.29) is 5.75 Å². The summed E-state index contributed by atoms with van der Waals surface area (Å²) in [5.41, 5.74) is 5.73. The van der Waals surface area contributed by atoms with Crippen molar-refractivity contribution in [2.24, 2.45) is 12.1 Å². The summed E-state index contributed by atoms with van der Waals surface area (Å²) in [6.07, 6.45) is 1.67. The van der Waals surface area contributed by atoms with Crippen LogP contribution in [0.1, 0.15) is 12.5 Å². The van der Waals surface area contributed by atoms with Gasteiger partial charge in [0, 0.05) is 7.05 Å². The molecule has 0 fully saturated rings. The summed E-state index contributed by atoms with van der Waals surface area (Å²) < 4.78 is 8.08. The summed E-state index contributed by atoms with van der Waals surface area (Å²) in [4.78, 5) is 4.49. The van der Waals surface area contributed by atoms with Crippen molar-refractivity contribution in [3.8, 4) is 11.5 Å². The number of hydrazone groups is 1. The van der Waals surface area contributed by atoms with E-state index in [2.05, 4.69) is 38.1 Å². The number of hydrogen-bond acceptors (Lipinski definition) is 5. The Morgan fingerprint density at radius 1 is 1.38 bits per heavy atom. The Morgan fingerprint density at radius 2 is 2.17 bits per heavy atom. The molecule has 0 aliphatic carbocycles. The lowest BCUT2D eigenvalue weighted by molar-refractivity contribution is 0.317. The van der Waals surface area contributed by atoms with E-state index in [4.69, 9.17) is 4.74 Å². The molecule has 6 nitrogen and oxygen atoms in total. The molecule has 3 rings (SSSR count). The molecule has 2 aromatic carbocycles. The molecule has 1 heterocycles. The maximum atomic E-state index is 9.97. The minimum absolute atomic E-state index is 0.151. The van der Waals surface area contributed by atoms with E-state index in [1.54, 1.807) is 12.3 Å². The molecule has 0 saturated heterocycles. The number of imidazole rings is 1. The Kier molecular flexibility index (Phi) is 4.89. The topological polar surface area (TPSA) is 71.7 Å². The fourth-order valence-corrected chi connectivity index (χ4v) is 2.97. The Balaban J connectivity index is 1.82. The van der Waals surface area contributed by atoms with Crippen LogP contribution in [0.3, 0.4) is 0 Å². The van der Waals surface area contributed by atoms with E-state index >= 15 is 0 Å². The van der Waals surface area contributed by atoms with Gasteiger partial charge in [0.25, 0.3) is 0 Å². The highest BCUT2D eigenvalue weighted by Crippen LogP contribution is 2.32. The van der Waals surface area contributed by atoms with Crippen molar-refractivity contribution >= 4 is 45.8 Å². The monoisotopic (exact) mass is 436 g/mol. The van der Waals surface area contributed by atoms with E-state index in [1.807, 2.05) is 48.9 Å². The molecule has 3 aromatic rings. The van der Waals surface area contributed by atoms with Crippen molar-refractivity contribution in [2.45, 2.75) is 6.92 Å². The van der Waals surface area contributed by atoms with Crippen LogP contribution >= 0.6 is 22.6 Å². The van der Waals surface area contributed by atoms with Crippen molar-refractivity contribution in [1.29, 1.82) is 0 Å². The van der Waals surface area contributed by atoms with E-state index in [9.17, 15) is 5.11 Å². The van der Waals surface area contributed by atoms with E-state index < -0.39 is 0 Å². The average Bonchev–Trinajstić information content (AvgIpc) is 2.89. The van der Waals surface area contributed by atoms with Gasteiger partial charge in [-0.1, -0.05) is 12.1 Å². The van der Waals surface area contributed by atoms with Crippen molar-refractivity contribution in [3.05, 3.63) is 45.5 Å². The smallest absolute Gasteiger partial charge is 0.224 e. The Labute approximate surface area is 153 Å². The Morgan fingerprint density at radius 3 is 2.92 bits per heavy atom. The number of hydrogen-bond donors (Lipinski definition) is 2. The van der Waals surface area contributed by atoms with Gasteiger partial charge < -0.3 is 14.4 Å². The van der Waals surface area contributed by atoms with Crippen LogP contribution in [0.25, 0.3) is 11.0 Å². The molecule has 1 aromatic heterocycles. The van der Waals surface area contributed by atoms with Gasteiger partial charge in [-0.15, -0.1) is 0 Å². The first-order valence-electron chi connectivity index (χ1n) is 7.46. The summed E-state index contributed by atoms with van der Waals surface area (Å²) in [5, 5.41) is 14.2. The Hall–Kier alpha value is -2.29. The van der Waals surface area contributed by atoms with Crippen LogP contribution in [-0.4, -0.2) is 27.5 Å². The highest BCUT2D eigenvalue weighted by atomic mass is 127. The van der Waals surface area contributed by atoms with Crippen molar-refractivity contribution < 1.29 is 9.84 Å². The number of phenols is 1. The molecule has 0 bridgehead atoms. The molecular formula is C17H17IN4O2. The molecule has 7 heteroatoms. The van der Waals surface area contributed by atoms with Crippen LogP contribution in [-0.2, 0) is 7.05 Å². The van der Waals surface area contributed by atoms with Gasteiger partial charge in [0.1, 0.15) is 0 Å². The summed E-state index contributed by atoms with van der Waals surface area (Å²) in [5.74, 6) is 1.26. The van der Waals surface area contributed by atoms with Gasteiger partial charge in [0.15, 0.2) is 11.5 Å². The molecule has 0 unspecified atom stereocenters. The number of aromatic nitrogens is 2. The number of aryl methyl sites for hydroxylation is 1. The molecule has 0 spiro atoms. The zero-order valence-corrected chi connectivity index (χ0v) is 15.5. The maximum Gasteiger partial charge on any atom is 0.224 e. The first-order valence-corrected chi connectivity index (χ1v) is 8.54. The van der Waals surface area contributed by atoms with Gasteiger partial charge in [-0.05, 0) is 59.3 Å². The molecule has 0 saturated carbocycles. The quantitative estimate of drug-likeness (QED) is 0.363. The number of para-hydroxylation sites is 2. The first-order chi connectivity index (χ1) is 11.6. The van der Waals surface area contributed by atoms with Gasteiger partial charge in [0.2, 0.25) is 5.95 Å². The molecule has 0 radical (unpaired) electrons. The van der Waals surface area contributed by atoms with Gasteiger partial charge in [-0.3, -0.25) is 0 Å². The minimum atomic E-state index is 0.151. The number of phenolic OH excluding ortho intramolecular Hbond substituents is 1. The second-order valence-corrected chi connectivity index (χ2v) is 6.30. The van der Waals surface area contributed by atoms with Gasteiger partial charge in [-0.2, -0.15) is 5.10 Å². The van der Waals surface area contributed by atoms with Crippen LogP contribution in [0.15, 0.2) is 41.5 Å². The van der Waals surface area contributed by atoms with E-state index in [0.717, 1.165) is 16.6 Å². The van der Waals surface area contributed by atoms with Crippen LogP contribution in [0.5, 0.6) is 11.5 Å². The fraction of sp³-hybridized carbons (Fsp3) is 0.176. The minimum Gasteiger partial charge on any atom is -0.504 e. The number of nitrogens with one attached hydrogen (secondary N) is 1. The third-order valence-electron chi connectivity index (χ3n) is 3.52. The average molecular weight is 436 g/mol. The number of fused-ring (bicyclic) bond motifs is 1. The fourth-order valence-electron chi connectivity index (χ4n) is 2.34. The predicted octanol–water partition coefficient (Wildman–Crippen LogP) is 3.73. The highest BCUT2D eigenvalue weighted by Gasteiger charge is 2.09. The molecule has 124 valence electrons. The molecule has 24 heavy (non-hydrogen) atoms. The maximum absolute atomic E-state index is 9.97. The van der Waals surface area contributed by atoms with Crippen LogP contribution in [0, 0.1) is 3.57 Å². The number of halogens is 1. The van der Waals surface area contributed by atoms with Crippen molar-refractivity contribution in [3.63, 3.8) is 0 Å². The van der Waals surface area contributed by atoms with Gasteiger partial charge in [0.05, 0.1) is 27.4 Å². The number of nitrogens with zero attached hydrogens (tertiary/aromatic N) is 3. The number of anilines is 1. The lowest BCUT2D eigenvalue weighted by atomic mass is 10.2. The first kappa shape index (κ1) is 16.6. The number of aromatic hydroxyl groups is 1.